The second-order valence-corrected chi connectivity index (χ2v) is 7.51. The summed E-state index contributed by atoms with van der Waals surface area (Å²) in [6.07, 6.45) is 15.9. The summed E-state index contributed by atoms with van der Waals surface area (Å²) in [4.78, 5) is 13.7. The fourth-order valence-corrected chi connectivity index (χ4v) is 4.97. The van der Waals surface area contributed by atoms with Gasteiger partial charge in [0.2, 0.25) is 5.91 Å². The van der Waals surface area contributed by atoms with Gasteiger partial charge in [-0.05, 0) is 50.5 Å². The second-order valence-electron chi connectivity index (χ2n) is 7.51. The van der Waals surface area contributed by atoms with Crippen LogP contribution in [-0.2, 0) is 4.79 Å². The minimum absolute atomic E-state index is 0.372. The van der Waals surface area contributed by atoms with E-state index in [2.05, 4.69) is 10.2 Å². The van der Waals surface area contributed by atoms with Gasteiger partial charge in [-0.3, -0.25) is 4.79 Å². The largest absolute Gasteiger partial charge is 0.343 e. The molecule has 1 atom stereocenters. The van der Waals surface area contributed by atoms with Gasteiger partial charge in [-0.15, -0.1) is 0 Å². The van der Waals surface area contributed by atoms with Crippen LogP contribution in [0.2, 0.25) is 0 Å². The van der Waals surface area contributed by atoms with Crippen molar-refractivity contribution in [2.45, 2.75) is 83.1 Å². The van der Waals surface area contributed by atoms with E-state index in [0.29, 0.717) is 11.3 Å². The molecule has 3 aliphatic rings. The Hall–Kier alpha value is -0.570. The van der Waals surface area contributed by atoms with Gasteiger partial charge < -0.3 is 10.2 Å². The Kier molecular flexibility index (Phi) is 5.20. The molecule has 0 radical (unpaired) electrons. The lowest BCUT2D eigenvalue weighted by Crippen LogP contribution is -2.49. The first kappa shape index (κ1) is 15.3. The standard InChI is InChI=1S/C18H32N2O/c21-17-9-6-14-20(17)15-7-13-19-16-8-2-5-12-18(16)10-3-1-4-11-18/h16,19H,1-15H2/t16-/m1/s1. The summed E-state index contributed by atoms with van der Waals surface area (Å²) in [5.41, 5.74) is 0.625. The third kappa shape index (κ3) is 3.61. The van der Waals surface area contributed by atoms with Gasteiger partial charge in [-0.1, -0.05) is 32.1 Å². The summed E-state index contributed by atoms with van der Waals surface area (Å²) in [6, 6.07) is 0.751. The molecule has 0 aromatic rings. The van der Waals surface area contributed by atoms with Crippen molar-refractivity contribution in [2.24, 2.45) is 5.41 Å². The number of hydrogen-bond donors (Lipinski definition) is 1. The second kappa shape index (κ2) is 7.13. The summed E-state index contributed by atoms with van der Waals surface area (Å²) >= 11 is 0. The van der Waals surface area contributed by atoms with Gasteiger partial charge in [0.1, 0.15) is 0 Å². The fraction of sp³-hybridized carbons (Fsp3) is 0.944. The zero-order valence-corrected chi connectivity index (χ0v) is 13.5. The number of nitrogens with zero attached hydrogens (tertiary/aromatic N) is 1. The molecule has 0 aromatic heterocycles. The molecule has 3 heteroatoms. The van der Waals surface area contributed by atoms with Gasteiger partial charge in [0.25, 0.3) is 0 Å². The molecule has 1 spiro atoms. The molecule has 21 heavy (non-hydrogen) atoms. The van der Waals surface area contributed by atoms with E-state index in [9.17, 15) is 4.79 Å². The zero-order valence-electron chi connectivity index (χ0n) is 13.5. The van der Waals surface area contributed by atoms with Gasteiger partial charge in [0.05, 0.1) is 0 Å². The maximum absolute atomic E-state index is 11.6. The molecule has 2 saturated carbocycles. The van der Waals surface area contributed by atoms with Crippen molar-refractivity contribution in [1.29, 1.82) is 0 Å². The Morgan fingerprint density at radius 1 is 1.05 bits per heavy atom. The topological polar surface area (TPSA) is 32.3 Å². The van der Waals surface area contributed by atoms with E-state index >= 15 is 0 Å². The molecule has 120 valence electrons. The van der Waals surface area contributed by atoms with Crippen LogP contribution >= 0.6 is 0 Å². The minimum Gasteiger partial charge on any atom is -0.343 e. The number of rotatable bonds is 5. The van der Waals surface area contributed by atoms with Crippen LogP contribution in [0, 0.1) is 5.41 Å². The number of carbonyl (C=O) groups is 1. The fourth-order valence-electron chi connectivity index (χ4n) is 4.97. The van der Waals surface area contributed by atoms with Crippen LogP contribution in [0.4, 0.5) is 0 Å². The monoisotopic (exact) mass is 292 g/mol. The summed E-state index contributed by atoms with van der Waals surface area (Å²) < 4.78 is 0. The molecule has 1 N–H and O–H groups in total. The Balaban J connectivity index is 1.43. The van der Waals surface area contributed by atoms with E-state index in [0.717, 1.165) is 44.9 Å². The molecule has 1 heterocycles. The van der Waals surface area contributed by atoms with Crippen LogP contribution in [0.5, 0.6) is 0 Å². The highest BCUT2D eigenvalue weighted by molar-refractivity contribution is 5.77. The van der Waals surface area contributed by atoms with Crippen LogP contribution in [0.3, 0.4) is 0 Å². The lowest BCUT2D eigenvalue weighted by Gasteiger charge is -2.47. The van der Waals surface area contributed by atoms with Crippen LogP contribution in [0.15, 0.2) is 0 Å². The van der Waals surface area contributed by atoms with E-state index in [4.69, 9.17) is 0 Å². The summed E-state index contributed by atoms with van der Waals surface area (Å²) in [7, 11) is 0. The Morgan fingerprint density at radius 3 is 2.52 bits per heavy atom. The number of hydrogen-bond acceptors (Lipinski definition) is 2. The van der Waals surface area contributed by atoms with Crippen molar-refractivity contribution < 1.29 is 4.79 Å². The lowest BCUT2D eigenvalue weighted by atomic mass is 9.62. The molecule has 3 rings (SSSR count). The molecular formula is C18H32N2O. The van der Waals surface area contributed by atoms with E-state index in [1.165, 1.54) is 57.8 Å². The van der Waals surface area contributed by atoms with E-state index in [1.807, 2.05) is 0 Å². The van der Waals surface area contributed by atoms with Gasteiger partial charge in [-0.2, -0.15) is 0 Å². The molecular weight excluding hydrogens is 260 g/mol. The molecule has 1 aliphatic heterocycles. The molecule has 2 aliphatic carbocycles. The van der Waals surface area contributed by atoms with Crippen LogP contribution in [0.1, 0.15) is 77.0 Å². The average Bonchev–Trinajstić information content (AvgIpc) is 2.92. The molecule has 3 fully saturated rings. The number of carbonyl (C=O) groups excluding carboxylic acids is 1. The van der Waals surface area contributed by atoms with Gasteiger partial charge in [0, 0.05) is 25.6 Å². The van der Waals surface area contributed by atoms with Crippen molar-refractivity contribution in [1.82, 2.24) is 10.2 Å². The molecule has 3 nitrogen and oxygen atoms in total. The quantitative estimate of drug-likeness (QED) is 0.787. The lowest BCUT2D eigenvalue weighted by molar-refractivity contribution is -0.127. The molecule has 1 amide bonds. The van der Waals surface area contributed by atoms with Gasteiger partial charge in [-0.25, -0.2) is 0 Å². The normalized spacial score (nSPS) is 29.2. The van der Waals surface area contributed by atoms with E-state index in [-0.39, 0.29) is 0 Å². The first-order valence-electron chi connectivity index (χ1n) is 9.31. The molecule has 0 aromatic carbocycles. The highest BCUT2D eigenvalue weighted by Crippen LogP contribution is 2.47. The number of likely N-dealkylation sites (tertiary alicyclic amines) is 1. The maximum Gasteiger partial charge on any atom is 0.222 e. The summed E-state index contributed by atoms with van der Waals surface area (Å²) in [5, 5.41) is 3.88. The third-order valence-electron chi connectivity index (χ3n) is 6.17. The highest BCUT2D eigenvalue weighted by atomic mass is 16.2. The molecule has 1 saturated heterocycles. The summed E-state index contributed by atoms with van der Waals surface area (Å²) in [6.45, 7) is 3.05. The predicted molar refractivity (Wildman–Crippen MR) is 86.2 cm³/mol. The Bertz CT molecular complexity index is 341. The highest BCUT2D eigenvalue weighted by Gasteiger charge is 2.40. The van der Waals surface area contributed by atoms with Crippen molar-refractivity contribution in [3.8, 4) is 0 Å². The van der Waals surface area contributed by atoms with E-state index in [1.54, 1.807) is 0 Å². The predicted octanol–water partition coefficient (Wildman–Crippen LogP) is 3.48. The van der Waals surface area contributed by atoms with Crippen LogP contribution < -0.4 is 5.32 Å². The minimum atomic E-state index is 0.372. The zero-order chi connectivity index (χ0) is 14.5. The first-order chi connectivity index (χ1) is 10.3. The van der Waals surface area contributed by atoms with Crippen LogP contribution in [0.25, 0.3) is 0 Å². The number of amides is 1. The SMILES string of the molecule is O=C1CCCN1CCCN[C@@H]1CCCCC12CCCCC2. The van der Waals surface area contributed by atoms with Crippen molar-refractivity contribution in [3.05, 3.63) is 0 Å². The maximum atomic E-state index is 11.6. The average molecular weight is 292 g/mol. The number of nitrogens with one attached hydrogen (secondary N) is 1. The third-order valence-corrected chi connectivity index (χ3v) is 6.17. The van der Waals surface area contributed by atoms with E-state index < -0.39 is 0 Å². The molecule has 0 unspecified atom stereocenters. The van der Waals surface area contributed by atoms with Gasteiger partial charge in [0.15, 0.2) is 0 Å². The van der Waals surface area contributed by atoms with Crippen molar-refractivity contribution in [3.63, 3.8) is 0 Å². The molecule has 0 bridgehead atoms. The van der Waals surface area contributed by atoms with Crippen LogP contribution in [-0.4, -0.2) is 36.5 Å². The summed E-state index contributed by atoms with van der Waals surface area (Å²) in [5.74, 6) is 0.372. The van der Waals surface area contributed by atoms with Gasteiger partial charge >= 0.3 is 0 Å². The first-order valence-corrected chi connectivity index (χ1v) is 9.31. The Morgan fingerprint density at radius 2 is 1.81 bits per heavy atom. The smallest absolute Gasteiger partial charge is 0.222 e. The van der Waals surface area contributed by atoms with Crippen molar-refractivity contribution >= 4 is 5.91 Å². The van der Waals surface area contributed by atoms with Crippen molar-refractivity contribution in [2.75, 3.05) is 19.6 Å². The Labute approximate surface area is 129 Å².